The Kier molecular flexibility index (Phi) is 13.6. The van der Waals surface area contributed by atoms with Gasteiger partial charge in [-0.1, -0.05) is 45.4 Å². The van der Waals surface area contributed by atoms with Gasteiger partial charge in [-0.2, -0.15) is 0 Å². The van der Waals surface area contributed by atoms with Gasteiger partial charge in [0.25, 0.3) is 0 Å². The number of ketones is 1. The minimum atomic E-state index is -1.82. The molecule has 0 fully saturated rings. The average molecular weight is 765 g/mol. The maximum atomic E-state index is 13.8. The number of fused-ring (bicyclic) bond motifs is 1. The number of carbonyl (C=O) groups excluding carboxylic acids is 1. The van der Waals surface area contributed by atoms with Crippen LogP contribution in [-0.4, -0.2) is 66.2 Å². The van der Waals surface area contributed by atoms with Crippen LogP contribution < -0.4 is 4.74 Å². The number of ether oxygens (including phenoxy) is 2. The number of halogens is 2. The van der Waals surface area contributed by atoms with Gasteiger partial charge < -0.3 is 29.0 Å². The fraction of sp³-hybridized carbons (Fsp3) is 0.393. The third kappa shape index (κ3) is 8.88. The Bertz CT molecular complexity index is 1250. The molecule has 0 spiro atoms. The highest BCUT2D eigenvalue weighted by molar-refractivity contribution is 14.1. The van der Waals surface area contributed by atoms with Gasteiger partial charge in [0.15, 0.2) is 5.78 Å². The summed E-state index contributed by atoms with van der Waals surface area (Å²) in [7, 11) is 1.66. The quantitative estimate of drug-likeness (QED) is 0.125. The molecule has 0 aliphatic carbocycles. The molecule has 1 aromatic heterocycles. The summed E-state index contributed by atoms with van der Waals surface area (Å²) in [5, 5.41) is 15.6. The van der Waals surface area contributed by atoms with Crippen LogP contribution in [0.1, 0.15) is 61.4 Å². The molecule has 1 atom stereocenters. The van der Waals surface area contributed by atoms with Crippen LogP contribution in [0.2, 0.25) is 0 Å². The lowest BCUT2D eigenvalue weighted by Gasteiger charge is -2.19. The summed E-state index contributed by atoms with van der Waals surface area (Å²) in [6.45, 7) is 9.90. The van der Waals surface area contributed by atoms with Gasteiger partial charge in [0.1, 0.15) is 29.8 Å². The lowest BCUT2D eigenvalue weighted by atomic mass is 9.97. The molecule has 0 aliphatic rings. The maximum Gasteiger partial charge on any atom is 0.414 e. The van der Waals surface area contributed by atoms with E-state index in [0.717, 1.165) is 50.8 Å². The molecule has 1 unspecified atom stereocenters. The molecule has 3 rings (SSSR count). The van der Waals surface area contributed by atoms with Gasteiger partial charge in [0.2, 0.25) is 0 Å². The Morgan fingerprint density at radius 2 is 1.59 bits per heavy atom. The lowest BCUT2D eigenvalue weighted by Crippen LogP contribution is -2.28. The summed E-state index contributed by atoms with van der Waals surface area (Å²) in [6.07, 6.45) is 1.45. The minimum Gasteiger partial charge on any atom is -0.490 e. The van der Waals surface area contributed by atoms with Gasteiger partial charge in [-0.05, 0) is 82.9 Å². The standard InChI is InChI=1S/C26H31I2NO4.C2H2O4/c1-5-10-22(31-4)26-23(18-11-8-9-12-21(18)33-26)24(30)17-15-19(27)25(20(28)16-17)32-14-13-29(6-2)7-3;3-1(4)2(5)6/h8-9,11-12,15-16,22H,5-7,10,13-14H2,1-4H3;(H,3,4)(H,5,6). The van der Waals surface area contributed by atoms with Gasteiger partial charge >= 0.3 is 11.9 Å². The molecule has 0 amide bonds. The zero-order chi connectivity index (χ0) is 29.1. The van der Waals surface area contributed by atoms with Crippen LogP contribution in [0.5, 0.6) is 5.75 Å². The Hall–Kier alpha value is -2.23. The number of aliphatic carboxylic acids is 2. The largest absolute Gasteiger partial charge is 0.490 e. The summed E-state index contributed by atoms with van der Waals surface area (Å²) in [6, 6.07) is 11.5. The number of likely N-dealkylation sites (N-methyl/N-ethyl adjacent to an activating group) is 1. The third-order valence-corrected chi connectivity index (χ3v) is 7.57. The fourth-order valence-electron chi connectivity index (χ4n) is 3.93. The van der Waals surface area contributed by atoms with E-state index in [1.807, 2.05) is 36.4 Å². The van der Waals surface area contributed by atoms with E-state index >= 15 is 0 Å². The number of carboxylic acid groups (broad SMARTS) is 2. The highest BCUT2D eigenvalue weighted by Crippen LogP contribution is 2.37. The summed E-state index contributed by atoms with van der Waals surface area (Å²) >= 11 is 4.51. The van der Waals surface area contributed by atoms with Gasteiger partial charge in [-0.15, -0.1) is 0 Å². The summed E-state index contributed by atoms with van der Waals surface area (Å²) in [5.41, 5.74) is 1.92. The van der Waals surface area contributed by atoms with E-state index in [1.54, 1.807) is 7.11 Å². The second-order valence-electron chi connectivity index (χ2n) is 8.43. The minimum absolute atomic E-state index is 0.0568. The normalized spacial score (nSPS) is 11.7. The highest BCUT2D eigenvalue weighted by atomic mass is 127. The van der Waals surface area contributed by atoms with E-state index in [-0.39, 0.29) is 11.9 Å². The smallest absolute Gasteiger partial charge is 0.414 e. The average Bonchev–Trinajstić information content (AvgIpc) is 3.30. The predicted octanol–water partition coefficient (Wildman–Crippen LogP) is 6.24. The van der Waals surface area contributed by atoms with Crippen molar-refractivity contribution >= 4 is 73.9 Å². The summed E-state index contributed by atoms with van der Waals surface area (Å²) < 4.78 is 19.8. The topological polar surface area (TPSA) is 127 Å². The van der Waals surface area contributed by atoms with Crippen LogP contribution in [0, 0.1) is 7.14 Å². The Balaban J connectivity index is 0.000000798. The van der Waals surface area contributed by atoms with Gasteiger partial charge in [-0.25, -0.2) is 9.59 Å². The third-order valence-electron chi connectivity index (χ3n) is 5.97. The molecule has 0 radical (unpaired) electrons. The highest BCUT2D eigenvalue weighted by Gasteiger charge is 2.28. The monoisotopic (exact) mass is 765 g/mol. The number of para-hydroxylation sites is 1. The van der Waals surface area contributed by atoms with E-state index in [2.05, 4.69) is 70.9 Å². The molecule has 0 bridgehead atoms. The van der Waals surface area contributed by atoms with E-state index in [4.69, 9.17) is 33.7 Å². The Labute approximate surface area is 255 Å². The van der Waals surface area contributed by atoms with Crippen molar-refractivity contribution in [2.45, 2.75) is 39.7 Å². The van der Waals surface area contributed by atoms with Crippen molar-refractivity contribution in [3.05, 3.63) is 60.4 Å². The van der Waals surface area contributed by atoms with Crippen LogP contribution in [0.15, 0.2) is 40.8 Å². The van der Waals surface area contributed by atoms with Crippen molar-refractivity contribution in [1.82, 2.24) is 4.90 Å². The summed E-state index contributed by atoms with van der Waals surface area (Å²) in [4.78, 5) is 34.3. The van der Waals surface area contributed by atoms with Crippen molar-refractivity contribution < 1.29 is 38.5 Å². The molecular weight excluding hydrogens is 732 g/mol. The number of benzene rings is 2. The summed E-state index contributed by atoms with van der Waals surface area (Å²) in [5.74, 6) is -2.27. The van der Waals surface area contributed by atoms with E-state index in [9.17, 15) is 4.79 Å². The van der Waals surface area contributed by atoms with E-state index < -0.39 is 11.9 Å². The lowest BCUT2D eigenvalue weighted by molar-refractivity contribution is -0.159. The molecule has 2 N–H and O–H groups in total. The molecule has 2 aromatic carbocycles. The second kappa shape index (κ2) is 16.1. The molecule has 212 valence electrons. The number of furan rings is 1. The van der Waals surface area contributed by atoms with Crippen molar-refractivity contribution in [2.24, 2.45) is 0 Å². The Morgan fingerprint density at radius 3 is 2.10 bits per heavy atom. The first-order chi connectivity index (χ1) is 18.6. The van der Waals surface area contributed by atoms with Crippen LogP contribution in [-0.2, 0) is 14.3 Å². The molecule has 0 aliphatic heterocycles. The number of carbonyl (C=O) groups is 3. The molecule has 1 heterocycles. The van der Waals surface area contributed by atoms with Gasteiger partial charge in [0.05, 0.1) is 12.7 Å². The predicted molar refractivity (Wildman–Crippen MR) is 165 cm³/mol. The van der Waals surface area contributed by atoms with Gasteiger partial charge in [0, 0.05) is 24.6 Å². The zero-order valence-corrected chi connectivity index (χ0v) is 26.6. The first-order valence-corrected chi connectivity index (χ1v) is 14.6. The fourth-order valence-corrected chi connectivity index (χ4v) is 6.01. The Morgan fingerprint density at radius 1 is 1.00 bits per heavy atom. The number of hydrogen-bond acceptors (Lipinski definition) is 7. The van der Waals surface area contributed by atoms with Crippen molar-refractivity contribution in [3.8, 4) is 5.75 Å². The molecule has 3 aromatic rings. The number of methoxy groups -OCH3 is 1. The van der Waals surface area contributed by atoms with Gasteiger partial charge in [-0.3, -0.25) is 4.79 Å². The number of hydrogen-bond donors (Lipinski definition) is 2. The molecule has 39 heavy (non-hydrogen) atoms. The van der Waals surface area contributed by atoms with E-state index in [1.165, 1.54) is 0 Å². The van der Waals surface area contributed by atoms with Crippen LogP contribution in [0.3, 0.4) is 0 Å². The number of rotatable bonds is 12. The molecular formula is C28H33I2NO8. The van der Waals surface area contributed by atoms with Crippen LogP contribution >= 0.6 is 45.2 Å². The van der Waals surface area contributed by atoms with Crippen molar-refractivity contribution in [2.75, 3.05) is 33.4 Å². The van der Waals surface area contributed by atoms with E-state index in [0.29, 0.717) is 29.1 Å². The van der Waals surface area contributed by atoms with Crippen molar-refractivity contribution in [1.29, 1.82) is 0 Å². The number of carboxylic acids is 2. The second-order valence-corrected chi connectivity index (χ2v) is 10.8. The number of nitrogens with zero attached hydrogens (tertiary/aromatic N) is 1. The molecule has 11 heteroatoms. The SMILES string of the molecule is CCCC(OC)c1oc2ccccc2c1C(=O)c1cc(I)c(OCCN(CC)CC)c(I)c1.O=C(O)C(=O)O. The van der Waals surface area contributed by atoms with Crippen LogP contribution in [0.4, 0.5) is 0 Å². The van der Waals surface area contributed by atoms with Crippen LogP contribution in [0.25, 0.3) is 11.0 Å². The first-order valence-electron chi connectivity index (χ1n) is 12.5. The molecule has 0 saturated carbocycles. The molecule has 9 nitrogen and oxygen atoms in total. The zero-order valence-electron chi connectivity index (χ0n) is 22.3. The van der Waals surface area contributed by atoms with Crippen molar-refractivity contribution in [3.63, 3.8) is 0 Å². The molecule has 0 saturated heterocycles. The first kappa shape index (κ1) is 33.0. The maximum absolute atomic E-state index is 13.8.